The number of imidazole rings is 1. The third kappa shape index (κ3) is 3.79. The molecule has 24 heavy (non-hydrogen) atoms. The molecule has 0 radical (unpaired) electrons. The van der Waals surface area contributed by atoms with Crippen molar-refractivity contribution in [3.63, 3.8) is 0 Å². The predicted molar refractivity (Wildman–Crippen MR) is 91.7 cm³/mol. The molecule has 3 rings (SSSR count). The van der Waals surface area contributed by atoms with Crippen molar-refractivity contribution in [1.82, 2.24) is 24.3 Å². The number of hydrogen-bond donors (Lipinski definition) is 1. The fourth-order valence-electron chi connectivity index (χ4n) is 3.81. The molecule has 2 saturated heterocycles. The number of hydrogen-bond acceptors (Lipinski definition) is 5. The molecule has 0 bridgehead atoms. The van der Waals surface area contributed by atoms with Crippen LogP contribution in [0.25, 0.3) is 0 Å². The molecule has 2 fully saturated rings. The fraction of sp³-hybridized carbons (Fsp3) is 0.765. The first-order valence-electron chi connectivity index (χ1n) is 8.83. The van der Waals surface area contributed by atoms with E-state index in [0.29, 0.717) is 25.2 Å². The highest BCUT2D eigenvalue weighted by Crippen LogP contribution is 2.21. The second-order valence-electron chi connectivity index (χ2n) is 7.42. The lowest BCUT2D eigenvalue weighted by Gasteiger charge is -2.41. The van der Waals surface area contributed by atoms with Crippen molar-refractivity contribution in [2.75, 3.05) is 39.3 Å². The third-order valence-electron chi connectivity index (χ3n) is 5.41. The summed E-state index contributed by atoms with van der Waals surface area (Å²) in [6.45, 7) is 10.3. The SMILES string of the molecule is CC(C)N1CC(C(=O)O)CN2CCN(Cc3nccn3C)CC2C1. The van der Waals surface area contributed by atoms with Gasteiger partial charge in [-0.1, -0.05) is 0 Å². The van der Waals surface area contributed by atoms with Gasteiger partial charge in [0.2, 0.25) is 0 Å². The zero-order valence-electron chi connectivity index (χ0n) is 14.9. The molecule has 2 aliphatic heterocycles. The van der Waals surface area contributed by atoms with Gasteiger partial charge in [-0.15, -0.1) is 0 Å². The van der Waals surface area contributed by atoms with Crippen molar-refractivity contribution in [1.29, 1.82) is 0 Å². The van der Waals surface area contributed by atoms with Gasteiger partial charge in [0.25, 0.3) is 0 Å². The van der Waals surface area contributed by atoms with E-state index in [9.17, 15) is 9.90 Å². The standard InChI is InChI=1S/C17H29N5O2/c1-13(2)22-9-14(17(23)24)8-21-7-6-20(10-15(21)11-22)12-16-18-4-5-19(16)3/h4-5,13-15H,6-12H2,1-3H3,(H,23,24). The first-order chi connectivity index (χ1) is 11.4. The number of nitrogens with zero attached hydrogens (tertiary/aromatic N) is 5. The van der Waals surface area contributed by atoms with Crippen molar-refractivity contribution in [3.05, 3.63) is 18.2 Å². The topological polar surface area (TPSA) is 64.8 Å². The van der Waals surface area contributed by atoms with E-state index < -0.39 is 5.97 Å². The van der Waals surface area contributed by atoms with Crippen molar-refractivity contribution in [2.24, 2.45) is 13.0 Å². The van der Waals surface area contributed by atoms with Gasteiger partial charge in [0.05, 0.1) is 12.5 Å². The second-order valence-corrected chi connectivity index (χ2v) is 7.42. The number of carbonyl (C=O) groups is 1. The van der Waals surface area contributed by atoms with Gasteiger partial charge >= 0.3 is 5.97 Å². The minimum Gasteiger partial charge on any atom is -0.481 e. The number of carboxylic acids is 1. The molecule has 0 aliphatic carbocycles. The quantitative estimate of drug-likeness (QED) is 0.856. The van der Waals surface area contributed by atoms with Crippen molar-refractivity contribution < 1.29 is 9.90 Å². The molecule has 134 valence electrons. The summed E-state index contributed by atoms with van der Waals surface area (Å²) in [5, 5.41) is 9.53. The van der Waals surface area contributed by atoms with Gasteiger partial charge in [-0.3, -0.25) is 19.5 Å². The molecule has 2 unspecified atom stereocenters. The minimum atomic E-state index is -0.670. The highest BCUT2D eigenvalue weighted by Gasteiger charge is 2.36. The lowest BCUT2D eigenvalue weighted by Crippen LogP contribution is -2.56. The van der Waals surface area contributed by atoms with E-state index in [2.05, 4.69) is 38.1 Å². The van der Waals surface area contributed by atoms with E-state index in [1.807, 2.05) is 19.4 Å². The molecule has 2 aliphatic rings. The molecular formula is C17H29N5O2. The summed E-state index contributed by atoms with van der Waals surface area (Å²) < 4.78 is 2.07. The van der Waals surface area contributed by atoms with E-state index in [-0.39, 0.29) is 5.92 Å². The fourth-order valence-corrected chi connectivity index (χ4v) is 3.81. The predicted octanol–water partition coefficient (Wildman–Crippen LogP) is 0.331. The van der Waals surface area contributed by atoms with Crippen LogP contribution in [0.1, 0.15) is 19.7 Å². The number of fused-ring (bicyclic) bond motifs is 1. The van der Waals surface area contributed by atoms with Gasteiger partial charge < -0.3 is 9.67 Å². The third-order valence-corrected chi connectivity index (χ3v) is 5.41. The Bertz CT molecular complexity index is 573. The maximum Gasteiger partial charge on any atom is 0.309 e. The van der Waals surface area contributed by atoms with Crippen LogP contribution in [0.5, 0.6) is 0 Å². The Kier molecular flexibility index (Phi) is 5.22. The van der Waals surface area contributed by atoms with Crippen LogP contribution in [-0.4, -0.2) is 86.7 Å². The van der Waals surface area contributed by atoms with Crippen LogP contribution < -0.4 is 0 Å². The molecule has 2 atom stereocenters. The highest BCUT2D eigenvalue weighted by molar-refractivity contribution is 5.70. The summed E-state index contributed by atoms with van der Waals surface area (Å²) in [7, 11) is 2.03. The molecule has 0 aromatic carbocycles. The van der Waals surface area contributed by atoms with Gasteiger partial charge in [0.15, 0.2) is 0 Å². The smallest absolute Gasteiger partial charge is 0.309 e. The first-order valence-corrected chi connectivity index (χ1v) is 8.83. The van der Waals surface area contributed by atoms with E-state index in [1.54, 1.807) is 0 Å². The van der Waals surface area contributed by atoms with Crippen LogP contribution in [0, 0.1) is 5.92 Å². The first kappa shape index (κ1) is 17.4. The number of piperazine rings is 1. The average molecular weight is 335 g/mol. The molecule has 1 aromatic heterocycles. The summed E-state index contributed by atoms with van der Waals surface area (Å²) in [4.78, 5) is 23.2. The number of rotatable bonds is 4. The van der Waals surface area contributed by atoms with Crippen LogP contribution >= 0.6 is 0 Å². The van der Waals surface area contributed by atoms with Crippen molar-refractivity contribution in [3.8, 4) is 0 Å². The average Bonchev–Trinajstić information content (AvgIpc) is 2.82. The van der Waals surface area contributed by atoms with Gasteiger partial charge in [-0.05, 0) is 13.8 Å². The Hall–Kier alpha value is -1.44. The van der Waals surface area contributed by atoms with Crippen LogP contribution in [0.2, 0.25) is 0 Å². The lowest BCUT2D eigenvalue weighted by atomic mass is 10.1. The van der Waals surface area contributed by atoms with Crippen LogP contribution in [0.4, 0.5) is 0 Å². The molecule has 7 nitrogen and oxygen atoms in total. The Labute approximate surface area is 143 Å². The molecule has 7 heteroatoms. The Morgan fingerprint density at radius 1 is 1.29 bits per heavy atom. The zero-order chi connectivity index (χ0) is 17.3. The Morgan fingerprint density at radius 3 is 2.71 bits per heavy atom. The summed E-state index contributed by atoms with van der Waals surface area (Å²) in [5.41, 5.74) is 0. The molecule has 0 spiro atoms. The van der Waals surface area contributed by atoms with E-state index in [0.717, 1.165) is 38.5 Å². The van der Waals surface area contributed by atoms with E-state index in [4.69, 9.17) is 0 Å². The van der Waals surface area contributed by atoms with Gasteiger partial charge in [0.1, 0.15) is 5.82 Å². The summed E-state index contributed by atoms with van der Waals surface area (Å²) in [5.74, 6) is 0.122. The monoisotopic (exact) mass is 335 g/mol. The molecule has 1 aromatic rings. The zero-order valence-corrected chi connectivity index (χ0v) is 14.9. The van der Waals surface area contributed by atoms with E-state index in [1.165, 1.54) is 0 Å². The van der Waals surface area contributed by atoms with Crippen LogP contribution in [0.15, 0.2) is 12.4 Å². The number of aromatic nitrogens is 2. The van der Waals surface area contributed by atoms with Gasteiger partial charge in [-0.2, -0.15) is 0 Å². The van der Waals surface area contributed by atoms with Crippen molar-refractivity contribution >= 4 is 5.97 Å². The molecule has 0 amide bonds. The van der Waals surface area contributed by atoms with Crippen molar-refractivity contribution in [2.45, 2.75) is 32.5 Å². The largest absolute Gasteiger partial charge is 0.481 e. The van der Waals surface area contributed by atoms with Crippen LogP contribution in [0.3, 0.4) is 0 Å². The number of aryl methyl sites for hydroxylation is 1. The van der Waals surface area contributed by atoms with Gasteiger partial charge in [-0.25, -0.2) is 4.98 Å². The molecule has 1 N–H and O–H groups in total. The maximum atomic E-state index is 11.6. The van der Waals surface area contributed by atoms with Gasteiger partial charge in [0, 0.05) is 70.8 Å². The number of carboxylic acid groups (broad SMARTS) is 1. The Morgan fingerprint density at radius 2 is 2.08 bits per heavy atom. The highest BCUT2D eigenvalue weighted by atomic mass is 16.4. The Balaban J connectivity index is 1.69. The lowest BCUT2D eigenvalue weighted by molar-refractivity contribution is -0.142. The minimum absolute atomic E-state index is 0.293. The molecule has 3 heterocycles. The second kappa shape index (κ2) is 7.21. The maximum absolute atomic E-state index is 11.6. The summed E-state index contributed by atoms with van der Waals surface area (Å²) in [6, 6.07) is 0.766. The summed E-state index contributed by atoms with van der Waals surface area (Å²) >= 11 is 0. The van der Waals surface area contributed by atoms with E-state index >= 15 is 0 Å². The number of aliphatic carboxylic acids is 1. The summed E-state index contributed by atoms with van der Waals surface area (Å²) in [6.07, 6.45) is 3.82. The normalized spacial score (nSPS) is 27.2. The molecule has 0 saturated carbocycles. The molecular weight excluding hydrogens is 306 g/mol. The van der Waals surface area contributed by atoms with Crippen LogP contribution in [-0.2, 0) is 18.4 Å².